The van der Waals surface area contributed by atoms with E-state index in [1.165, 1.54) is 33.4 Å². The maximum absolute atomic E-state index is 2.22. The van der Waals surface area contributed by atoms with Crippen LogP contribution in [0.1, 0.15) is 16.7 Å². The van der Waals surface area contributed by atoms with Gasteiger partial charge in [0.15, 0.2) is 0 Å². The van der Waals surface area contributed by atoms with Crippen molar-refractivity contribution in [2.24, 2.45) is 0 Å². The van der Waals surface area contributed by atoms with E-state index in [1.807, 2.05) is 0 Å². The van der Waals surface area contributed by atoms with Gasteiger partial charge in [-0.05, 0) is 33.4 Å². The van der Waals surface area contributed by atoms with Crippen molar-refractivity contribution in [2.45, 2.75) is 0 Å². The zero-order valence-corrected chi connectivity index (χ0v) is 9.93. The van der Waals surface area contributed by atoms with Crippen molar-refractivity contribution in [3.05, 3.63) is 83.5 Å². The molecule has 0 bridgehead atoms. The lowest BCUT2D eigenvalue weighted by Crippen LogP contribution is -1.87. The summed E-state index contributed by atoms with van der Waals surface area (Å²) in [5, 5.41) is 0. The van der Waals surface area contributed by atoms with Gasteiger partial charge in [0, 0.05) is 0 Å². The molecule has 0 saturated carbocycles. The summed E-state index contributed by atoms with van der Waals surface area (Å²) in [5.41, 5.74) is 8.08. The Hall–Kier alpha value is -2.34. The van der Waals surface area contributed by atoms with E-state index in [9.17, 15) is 0 Å². The third kappa shape index (κ3) is 1.20. The SMILES string of the molecule is C1=C/C=C2/c3ccccc3-c3cccc(c32)C=C1. The molecule has 2 aromatic rings. The number of hydrogen-bond acceptors (Lipinski definition) is 0. The highest BCUT2D eigenvalue weighted by molar-refractivity contribution is 6.04. The molecule has 18 heavy (non-hydrogen) atoms. The van der Waals surface area contributed by atoms with E-state index in [4.69, 9.17) is 0 Å². The van der Waals surface area contributed by atoms with Crippen molar-refractivity contribution in [1.29, 1.82) is 0 Å². The Morgan fingerprint density at radius 2 is 1.44 bits per heavy atom. The Morgan fingerprint density at radius 1 is 0.611 bits per heavy atom. The van der Waals surface area contributed by atoms with Crippen LogP contribution in [-0.4, -0.2) is 0 Å². The molecule has 0 radical (unpaired) electrons. The lowest BCUT2D eigenvalue weighted by Gasteiger charge is -2.07. The zero-order chi connectivity index (χ0) is 11.9. The van der Waals surface area contributed by atoms with E-state index in [0.717, 1.165) is 0 Å². The van der Waals surface area contributed by atoms with Gasteiger partial charge < -0.3 is 0 Å². The summed E-state index contributed by atoms with van der Waals surface area (Å²) in [4.78, 5) is 0. The second-order valence-electron chi connectivity index (χ2n) is 4.64. The molecule has 0 amide bonds. The fraction of sp³-hybridized carbons (Fsp3) is 0. The monoisotopic (exact) mass is 228 g/mol. The van der Waals surface area contributed by atoms with Crippen molar-refractivity contribution in [2.75, 3.05) is 0 Å². The Balaban J connectivity index is 2.17. The highest BCUT2D eigenvalue weighted by atomic mass is 14.3. The molecule has 4 rings (SSSR count). The summed E-state index contributed by atoms with van der Waals surface area (Å²) in [6.07, 6.45) is 10.7. The standard InChI is InChI=1S/C18H12/c1-2-7-13-8-6-12-17-15-10-5-4-9-14(15)16(11-3-1)18(13)17/h1-12H/b2-1?,3-1?,7-2?,11-3?,13-7?,16-11-. The average Bonchev–Trinajstić information content (AvgIpc) is 2.70. The van der Waals surface area contributed by atoms with Crippen LogP contribution < -0.4 is 0 Å². The number of rotatable bonds is 0. The summed E-state index contributed by atoms with van der Waals surface area (Å²) < 4.78 is 0. The first-order valence-electron chi connectivity index (χ1n) is 6.23. The second kappa shape index (κ2) is 3.58. The van der Waals surface area contributed by atoms with Crippen molar-refractivity contribution < 1.29 is 0 Å². The lowest BCUT2D eigenvalue weighted by atomic mass is 9.96. The first-order valence-corrected chi connectivity index (χ1v) is 6.23. The van der Waals surface area contributed by atoms with E-state index in [2.05, 4.69) is 72.8 Å². The molecule has 0 fully saturated rings. The zero-order valence-electron chi connectivity index (χ0n) is 9.93. The molecule has 0 aromatic heterocycles. The quantitative estimate of drug-likeness (QED) is 0.524. The van der Waals surface area contributed by atoms with Gasteiger partial charge in [-0.1, -0.05) is 72.8 Å². The maximum Gasteiger partial charge on any atom is -0.00264 e. The molecule has 0 N–H and O–H groups in total. The van der Waals surface area contributed by atoms with Crippen LogP contribution in [0, 0.1) is 0 Å². The van der Waals surface area contributed by atoms with Gasteiger partial charge in [-0.3, -0.25) is 0 Å². The van der Waals surface area contributed by atoms with E-state index in [1.54, 1.807) is 0 Å². The van der Waals surface area contributed by atoms with Crippen LogP contribution in [0.2, 0.25) is 0 Å². The molecule has 0 saturated heterocycles. The summed E-state index contributed by atoms with van der Waals surface area (Å²) in [6.45, 7) is 0. The Labute approximate surface area is 107 Å². The topological polar surface area (TPSA) is 0 Å². The predicted octanol–water partition coefficient (Wildman–Crippen LogP) is 4.68. The molecule has 0 heteroatoms. The average molecular weight is 228 g/mol. The minimum absolute atomic E-state index is 1.30. The molecule has 0 aliphatic heterocycles. The van der Waals surface area contributed by atoms with Crippen LogP contribution in [0.3, 0.4) is 0 Å². The molecule has 84 valence electrons. The van der Waals surface area contributed by atoms with Gasteiger partial charge in [0.1, 0.15) is 0 Å². The highest BCUT2D eigenvalue weighted by Crippen LogP contribution is 2.46. The van der Waals surface area contributed by atoms with E-state index >= 15 is 0 Å². The molecular weight excluding hydrogens is 216 g/mol. The Kier molecular flexibility index (Phi) is 1.92. The Bertz CT molecular complexity index is 727. The van der Waals surface area contributed by atoms with Crippen LogP contribution in [0.4, 0.5) is 0 Å². The smallest absolute Gasteiger partial charge is 0.00264 e. The van der Waals surface area contributed by atoms with Gasteiger partial charge in [0.2, 0.25) is 0 Å². The molecule has 2 aliphatic rings. The Morgan fingerprint density at radius 3 is 2.39 bits per heavy atom. The van der Waals surface area contributed by atoms with Gasteiger partial charge in [0.25, 0.3) is 0 Å². The van der Waals surface area contributed by atoms with Gasteiger partial charge in [0.05, 0.1) is 0 Å². The van der Waals surface area contributed by atoms with Crippen LogP contribution in [-0.2, 0) is 0 Å². The predicted molar refractivity (Wildman–Crippen MR) is 77.1 cm³/mol. The molecule has 0 atom stereocenters. The first-order chi connectivity index (χ1) is 8.95. The maximum atomic E-state index is 2.22. The molecule has 2 aliphatic carbocycles. The largest absolute Gasteiger partial charge is 0.0622 e. The fourth-order valence-electron chi connectivity index (χ4n) is 2.87. The molecule has 0 unspecified atom stereocenters. The van der Waals surface area contributed by atoms with E-state index < -0.39 is 0 Å². The van der Waals surface area contributed by atoms with E-state index in [-0.39, 0.29) is 0 Å². The molecule has 0 nitrogen and oxygen atoms in total. The van der Waals surface area contributed by atoms with Gasteiger partial charge in [-0.2, -0.15) is 0 Å². The fourth-order valence-corrected chi connectivity index (χ4v) is 2.87. The highest BCUT2D eigenvalue weighted by Gasteiger charge is 2.24. The first kappa shape index (κ1) is 9.67. The summed E-state index contributed by atoms with van der Waals surface area (Å²) in [6, 6.07) is 15.2. The summed E-state index contributed by atoms with van der Waals surface area (Å²) >= 11 is 0. The lowest BCUT2D eigenvalue weighted by molar-refractivity contribution is 1.60. The van der Waals surface area contributed by atoms with E-state index in [0.29, 0.717) is 0 Å². The van der Waals surface area contributed by atoms with Crippen molar-refractivity contribution in [1.82, 2.24) is 0 Å². The molecular formula is C18H12. The molecule has 0 spiro atoms. The van der Waals surface area contributed by atoms with Crippen molar-refractivity contribution in [3.63, 3.8) is 0 Å². The minimum atomic E-state index is 1.30. The minimum Gasteiger partial charge on any atom is -0.0622 e. The number of hydrogen-bond donors (Lipinski definition) is 0. The molecule has 0 heterocycles. The summed E-state index contributed by atoms with van der Waals surface area (Å²) in [5.74, 6) is 0. The number of benzene rings is 2. The third-order valence-corrected chi connectivity index (χ3v) is 3.63. The van der Waals surface area contributed by atoms with Gasteiger partial charge >= 0.3 is 0 Å². The number of fused-ring (bicyclic) bond motifs is 3. The van der Waals surface area contributed by atoms with Crippen LogP contribution >= 0.6 is 0 Å². The normalized spacial score (nSPS) is 17.4. The van der Waals surface area contributed by atoms with Crippen molar-refractivity contribution >= 4 is 11.6 Å². The second-order valence-corrected chi connectivity index (χ2v) is 4.64. The van der Waals surface area contributed by atoms with Crippen LogP contribution in [0.15, 0.2) is 66.8 Å². The van der Waals surface area contributed by atoms with Crippen molar-refractivity contribution in [3.8, 4) is 11.1 Å². The summed E-state index contributed by atoms with van der Waals surface area (Å²) in [7, 11) is 0. The molecule has 2 aromatic carbocycles. The van der Waals surface area contributed by atoms with Crippen LogP contribution in [0.25, 0.3) is 22.8 Å². The van der Waals surface area contributed by atoms with Gasteiger partial charge in [-0.15, -0.1) is 0 Å². The third-order valence-electron chi connectivity index (χ3n) is 3.63. The van der Waals surface area contributed by atoms with Gasteiger partial charge in [-0.25, -0.2) is 0 Å². The van der Waals surface area contributed by atoms with Crippen LogP contribution in [0.5, 0.6) is 0 Å². The number of allylic oxidation sites excluding steroid dienone is 4.